The highest BCUT2D eigenvalue weighted by molar-refractivity contribution is 7.25. The van der Waals surface area contributed by atoms with E-state index < -0.39 is 0 Å². The van der Waals surface area contributed by atoms with Gasteiger partial charge in [0.2, 0.25) is 0 Å². The quantitative estimate of drug-likeness (QED) is 0.174. The van der Waals surface area contributed by atoms with Crippen LogP contribution in [0, 0.1) is 5.92 Å². The van der Waals surface area contributed by atoms with Crippen LogP contribution in [0.25, 0.3) is 119 Å². The minimum Gasteiger partial charge on any atom is -0.456 e. The Balaban J connectivity index is 0.984. The van der Waals surface area contributed by atoms with E-state index in [2.05, 4.69) is 228 Å². The van der Waals surface area contributed by atoms with Crippen molar-refractivity contribution < 1.29 is 4.42 Å². The molecule has 0 amide bonds. The average Bonchev–Trinajstić information content (AvgIpc) is 4.19. The van der Waals surface area contributed by atoms with Gasteiger partial charge in [0, 0.05) is 81.3 Å². The number of amidine groups is 1. The molecular formula is C67H40N4OS. The predicted octanol–water partition coefficient (Wildman–Crippen LogP) is 17.6. The monoisotopic (exact) mass is 948 g/mol. The lowest BCUT2D eigenvalue weighted by atomic mass is 9.80. The molecule has 340 valence electrons. The Kier molecular flexibility index (Phi) is 7.99. The van der Waals surface area contributed by atoms with Gasteiger partial charge in [-0.05, 0) is 118 Å². The lowest BCUT2D eigenvalue weighted by Gasteiger charge is -2.31. The molecule has 15 aromatic rings. The molecule has 2 atom stereocenters. The van der Waals surface area contributed by atoms with Crippen molar-refractivity contribution in [2.45, 2.75) is 12.5 Å². The molecule has 2 bridgehead atoms. The highest BCUT2D eigenvalue weighted by Crippen LogP contribution is 2.47. The first kappa shape index (κ1) is 39.6. The molecule has 0 saturated heterocycles. The van der Waals surface area contributed by atoms with Crippen molar-refractivity contribution in [2.75, 3.05) is 0 Å². The maximum absolute atomic E-state index is 6.95. The minimum atomic E-state index is -0.252. The zero-order chi connectivity index (χ0) is 47.5. The maximum Gasteiger partial charge on any atom is 0.155 e. The van der Waals surface area contributed by atoms with Gasteiger partial charge in [-0.25, -0.2) is 4.99 Å². The number of rotatable bonds is 3. The Bertz CT molecular complexity index is 4970. The largest absolute Gasteiger partial charge is 0.456 e. The van der Waals surface area contributed by atoms with Crippen LogP contribution in [0.4, 0.5) is 0 Å². The lowest BCUT2D eigenvalue weighted by molar-refractivity contribution is 0.545. The van der Waals surface area contributed by atoms with Crippen LogP contribution in [-0.4, -0.2) is 20.7 Å². The Morgan fingerprint density at radius 1 is 0.452 bits per heavy atom. The summed E-state index contributed by atoms with van der Waals surface area (Å²) in [4.78, 5) is 11.9. The molecule has 0 fully saturated rings. The molecule has 4 aromatic heterocycles. The number of furan rings is 1. The molecule has 2 aliphatic rings. The number of hydrogen-bond acceptors (Lipinski definition) is 4. The summed E-state index contributed by atoms with van der Waals surface area (Å²) in [6.45, 7) is 0. The Labute approximate surface area is 421 Å². The summed E-state index contributed by atoms with van der Waals surface area (Å²) in [5, 5.41) is 14.4. The Hall–Kier alpha value is -9.10. The van der Waals surface area contributed by atoms with Crippen LogP contribution in [0.1, 0.15) is 28.3 Å². The highest BCUT2D eigenvalue weighted by Gasteiger charge is 2.37. The van der Waals surface area contributed by atoms with Gasteiger partial charge in [-0.15, -0.1) is 11.3 Å². The van der Waals surface area contributed by atoms with E-state index in [0.717, 1.165) is 73.4 Å². The average molecular weight is 949 g/mol. The van der Waals surface area contributed by atoms with Crippen molar-refractivity contribution >= 4 is 130 Å². The Morgan fingerprint density at radius 2 is 1.16 bits per heavy atom. The minimum absolute atomic E-state index is 0.112. The van der Waals surface area contributed by atoms with Gasteiger partial charge >= 0.3 is 0 Å². The molecular weight excluding hydrogens is 909 g/mol. The first-order valence-corrected chi connectivity index (χ1v) is 26.0. The third-order valence-electron chi connectivity index (χ3n) is 16.1. The molecule has 6 heteroatoms. The fourth-order valence-corrected chi connectivity index (χ4v) is 13.9. The van der Waals surface area contributed by atoms with Crippen LogP contribution in [-0.2, 0) is 6.42 Å². The molecule has 6 heterocycles. The van der Waals surface area contributed by atoms with E-state index in [4.69, 9.17) is 14.4 Å². The van der Waals surface area contributed by atoms with Crippen LogP contribution in [0.5, 0.6) is 0 Å². The molecule has 0 N–H and O–H groups in total. The molecule has 0 radical (unpaired) electrons. The SMILES string of the molecule is c1ccc(-n2c3ccccc3c3cc(C4=NC(c5ccc6c(c5)sc5ccccc56)C5Cc6ccc7c8cc9ccccc9cc8n(c7c6)-c6cc7oc8ccc9ccccc9c8c7cc6C5=N4)ccc32)cc1. The highest BCUT2D eigenvalue weighted by atomic mass is 32.1. The van der Waals surface area contributed by atoms with Gasteiger partial charge in [0.05, 0.1) is 39.5 Å². The summed E-state index contributed by atoms with van der Waals surface area (Å²) in [6, 6.07) is 80.2. The second-order valence-corrected chi connectivity index (χ2v) is 21.1. The predicted molar refractivity (Wildman–Crippen MR) is 306 cm³/mol. The molecule has 17 rings (SSSR count). The fourth-order valence-electron chi connectivity index (χ4n) is 12.8. The van der Waals surface area contributed by atoms with Gasteiger partial charge in [0.1, 0.15) is 11.2 Å². The van der Waals surface area contributed by atoms with E-state index in [9.17, 15) is 0 Å². The van der Waals surface area contributed by atoms with Gasteiger partial charge in [-0.1, -0.05) is 133 Å². The van der Waals surface area contributed by atoms with Gasteiger partial charge in [0.25, 0.3) is 0 Å². The van der Waals surface area contributed by atoms with Crippen LogP contribution in [0.15, 0.2) is 233 Å². The normalized spacial score (nSPS) is 15.8. The van der Waals surface area contributed by atoms with E-state index in [1.165, 1.54) is 85.4 Å². The summed E-state index contributed by atoms with van der Waals surface area (Å²) in [5.74, 6) is 0.624. The molecule has 0 aliphatic carbocycles. The van der Waals surface area contributed by atoms with Crippen molar-refractivity contribution in [1.29, 1.82) is 0 Å². The number of para-hydroxylation sites is 2. The second kappa shape index (κ2) is 14.7. The van der Waals surface area contributed by atoms with Crippen LogP contribution in [0.2, 0.25) is 0 Å². The third kappa shape index (κ3) is 5.67. The van der Waals surface area contributed by atoms with Crippen molar-refractivity contribution in [2.24, 2.45) is 15.9 Å². The second-order valence-electron chi connectivity index (χ2n) is 20.0. The van der Waals surface area contributed by atoms with Crippen molar-refractivity contribution in [3.05, 3.63) is 241 Å². The number of aliphatic imine (C=N–C) groups is 2. The number of fused-ring (bicyclic) bond motifs is 20. The molecule has 0 saturated carbocycles. The summed E-state index contributed by atoms with van der Waals surface area (Å²) in [7, 11) is 0. The molecule has 73 heavy (non-hydrogen) atoms. The van der Waals surface area contributed by atoms with E-state index >= 15 is 0 Å². The summed E-state index contributed by atoms with van der Waals surface area (Å²) in [5.41, 5.74) is 14.1. The Morgan fingerprint density at radius 3 is 2.07 bits per heavy atom. The van der Waals surface area contributed by atoms with E-state index in [-0.39, 0.29) is 12.0 Å². The van der Waals surface area contributed by atoms with Crippen LogP contribution < -0.4 is 0 Å². The van der Waals surface area contributed by atoms with Crippen LogP contribution >= 0.6 is 11.3 Å². The first-order valence-electron chi connectivity index (χ1n) is 25.2. The smallest absolute Gasteiger partial charge is 0.155 e. The molecule has 0 spiro atoms. The summed E-state index contributed by atoms with van der Waals surface area (Å²) in [6.07, 6.45) is 0.750. The first-order chi connectivity index (χ1) is 36.1. The topological polar surface area (TPSA) is 47.7 Å². The molecule has 2 unspecified atom stereocenters. The van der Waals surface area contributed by atoms with Gasteiger partial charge in [-0.3, -0.25) is 4.99 Å². The van der Waals surface area contributed by atoms with Crippen LogP contribution in [0.3, 0.4) is 0 Å². The zero-order valence-corrected chi connectivity index (χ0v) is 40.1. The van der Waals surface area contributed by atoms with Crippen molar-refractivity contribution in [3.63, 3.8) is 0 Å². The third-order valence-corrected chi connectivity index (χ3v) is 17.2. The maximum atomic E-state index is 6.95. The van der Waals surface area contributed by atoms with Crippen molar-refractivity contribution in [3.8, 4) is 11.4 Å². The molecule has 5 nitrogen and oxygen atoms in total. The van der Waals surface area contributed by atoms with E-state index in [1.807, 2.05) is 11.3 Å². The zero-order valence-electron chi connectivity index (χ0n) is 39.3. The number of thiophene rings is 1. The summed E-state index contributed by atoms with van der Waals surface area (Å²) >= 11 is 1.86. The molecule has 11 aromatic carbocycles. The molecule has 2 aliphatic heterocycles. The van der Waals surface area contributed by atoms with Gasteiger partial charge in [-0.2, -0.15) is 0 Å². The van der Waals surface area contributed by atoms with Gasteiger partial charge < -0.3 is 13.6 Å². The fraction of sp³-hybridized carbons (Fsp3) is 0.0448. The van der Waals surface area contributed by atoms with E-state index in [1.54, 1.807) is 0 Å². The van der Waals surface area contributed by atoms with Gasteiger partial charge in [0.15, 0.2) is 5.84 Å². The standard InChI is InChI=1S/C67H40N4OS/c1-2-15-44(16-3-1)70-55-20-10-8-18-46(55)50-33-43(24-28-56(50)70)67-68-65(42-23-27-49-48-19-9-11-21-62(48)73-63(49)35-42)54-30-38-22-26-47-51-32-40-13-4-5-14-41(40)34-58(51)71(57(47)31-38)59-37-61-53(36-52(59)66(54)69-67)64-45-17-7-6-12-39(45)25-29-60(64)72-61/h1-29,31-37,54,65H,30H2. The lowest BCUT2D eigenvalue weighted by Crippen LogP contribution is -2.30. The summed E-state index contributed by atoms with van der Waals surface area (Å²) < 4.78 is 14.4. The number of nitrogens with zero attached hydrogens (tertiary/aromatic N) is 4. The van der Waals surface area contributed by atoms with E-state index in [0.29, 0.717) is 0 Å². The number of benzene rings is 11. The number of aromatic nitrogens is 2. The van der Waals surface area contributed by atoms with Crippen molar-refractivity contribution in [1.82, 2.24) is 9.13 Å². The number of hydrogen-bond donors (Lipinski definition) is 0.